The third kappa shape index (κ3) is 4.82. The molecule has 1 N–H and O–H groups in total. The SMILES string of the molecule is Cc1c(Br)ccc(NC(=O)COC(=O)[C@@H]2CC(=O)N(c3ccc(F)cc3)C2)c1C. The number of benzene rings is 2. The van der Waals surface area contributed by atoms with E-state index < -0.39 is 30.2 Å². The fourth-order valence-corrected chi connectivity index (χ4v) is 3.53. The van der Waals surface area contributed by atoms with Gasteiger partial charge in [0.15, 0.2) is 6.61 Å². The average Bonchev–Trinajstić information content (AvgIpc) is 3.09. The number of ether oxygens (including phenoxy) is 1. The van der Waals surface area contributed by atoms with Gasteiger partial charge in [-0.3, -0.25) is 14.4 Å². The van der Waals surface area contributed by atoms with Crippen molar-refractivity contribution in [1.29, 1.82) is 0 Å². The van der Waals surface area contributed by atoms with Crippen molar-refractivity contribution in [3.63, 3.8) is 0 Å². The molecule has 0 aromatic heterocycles. The van der Waals surface area contributed by atoms with Gasteiger partial charge in [0.05, 0.1) is 5.92 Å². The number of carbonyl (C=O) groups excluding carboxylic acids is 3. The Balaban J connectivity index is 1.54. The molecule has 0 saturated carbocycles. The zero-order valence-electron chi connectivity index (χ0n) is 16.0. The first-order chi connectivity index (χ1) is 13.8. The highest BCUT2D eigenvalue weighted by molar-refractivity contribution is 9.10. The van der Waals surface area contributed by atoms with Gasteiger partial charge in [0.2, 0.25) is 5.91 Å². The molecule has 1 atom stereocenters. The highest BCUT2D eigenvalue weighted by Gasteiger charge is 2.36. The molecule has 0 spiro atoms. The molecule has 0 bridgehead atoms. The molecule has 1 saturated heterocycles. The summed E-state index contributed by atoms with van der Waals surface area (Å²) in [4.78, 5) is 38.1. The third-order valence-electron chi connectivity index (χ3n) is 4.94. The van der Waals surface area contributed by atoms with Gasteiger partial charge in [-0.15, -0.1) is 0 Å². The highest BCUT2D eigenvalue weighted by atomic mass is 79.9. The van der Waals surface area contributed by atoms with E-state index in [1.807, 2.05) is 19.9 Å². The molecular formula is C21H20BrFN2O4. The van der Waals surface area contributed by atoms with Crippen LogP contribution in [-0.2, 0) is 19.1 Å². The number of hydrogen-bond acceptors (Lipinski definition) is 4. The van der Waals surface area contributed by atoms with Crippen molar-refractivity contribution in [2.75, 3.05) is 23.4 Å². The minimum atomic E-state index is -0.669. The molecule has 0 aliphatic carbocycles. The first-order valence-electron chi connectivity index (χ1n) is 9.04. The van der Waals surface area contributed by atoms with Gasteiger partial charge in [-0.1, -0.05) is 15.9 Å². The standard InChI is InChI=1S/C21H20BrFN2O4/c1-12-13(2)18(8-7-17(12)22)24-19(26)11-29-21(28)14-9-20(27)25(10-14)16-5-3-15(23)4-6-16/h3-8,14H,9-11H2,1-2H3,(H,24,26)/t14-/m1/s1. The number of amides is 2. The Bertz CT molecular complexity index is 962. The van der Waals surface area contributed by atoms with Crippen molar-refractivity contribution in [2.45, 2.75) is 20.3 Å². The lowest BCUT2D eigenvalue weighted by molar-refractivity contribution is -0.151. The van der Waals surface area contributed by atoms with Crippen LogP contribution in [0.3, 0.4) is 0 Å². The number of carbonyl (C=O) groups is 3. The molecule has 8 heteroatoms. The van der Waals surface area contributed by atoms with Gasteiger partial charge < -0.3 is 15.0 Å². The number of rotatable bonds is 5. The van der Waals surface area contributed by atoms with E-state index in [4.69, 9.17) is 4.74 Å². The van der Waals surface area contributed by atoms with E-state index in [9.17, 15) is 18.8 Å². The number of hydrogen-bond donors (Lipinski definition) is 1. The summed E-state index contributed by atoms with van der Waals surface area (Å²) in [6, 6.07) is 9.07. The lowest BCUT2D eigenvalue weighted by Gasteiger charge is -2.16. The van der Waals surface area contributed by atoms with Crippen LogP contribution in [-0.4, -0.2) is 30.9 Å². The molecule has 1 aliphatic rings. The van der Waals surface area contributed by atoms with Crippen molar-refractivity contribution in [2.24, 2.45) is 5.92 Å². The second-order valence-electron chi connectivity index (χ2n) is 6.88. The Morgan fingerprint density at radius 3 is 2.55 bits per heavy atom. The van der Waals surface area contributed by atoms with E-state index in [1.165, 1.54) is 29.2 Å². The maximum Gasteiger partial charge on any atom is 0.311 e. The molecule has 1 heterocycles. The second-order valence-corrected chi connectivity index (χ2v) is 7.74. The van der Waals surface area contributed by atoms with E-state index in [0.29, 0.717) is 11.4 Å². The Labute approximate surface area is 176 Å². The molecule has 0 radical (unpaired) electrons. The molecule has 0 unspecified atom stereocenters. The van der Waals surface area contributed by atoms with E-state index in [-0.39, 0.29) is 18.9 Å². The van der Waals surface area contributed by atoms with Crippen LogP contribution in [0.2, 0.25) is 0 Å². The minimum absolute atomic E-state index is 0.0111. The molecule has 152 valence electrons. The van der Waals surface area contributed by atoms with Crippen LogP contribution >= 0.6 is 15.9 Å². The molecule has 1 aliphatic heterocycles. The lowest BCUT2D eigenvalue weighted by Crippen LogP contribution is -2.28. The van der Waals surface area contributed by atoms with Gasteiger partial charge in [-0.25, -0.2) is 4.39 Å². The summed E-state index contributed by atoms with van der Waals surface area (Å²) < 4.78 is 19.1. The summed E-state index contributed by atoms with van der Waals surface area (Å²) in [5.74, 6) is -2.38. The minimum Gasteiger partial charge on any atom is -0.455 e. The van der Waals surface area contributed by atoms with Crippen molar-refractivity contribution >= 4 is 45.1 Å². The smallest absolute Gasteiger partial charge is 0.311 e. The Hall–Kier alpha value is -2.74. The summed E-state index contributed by atoms with van der Waals surface area (Å²) in [5.41, 5.74) is 3.08. The van der Waals surface area contributed by atoms with Crippen molar-refractivity contribution < 1.29 is 23.5 Å². The maximum atomic E-state index is 13.1. The molecular weight excluding hydrogens is 443 g/mol. The van der Waals surface area contributed by atoms with Gasteiger partial charge >= 0.3 is 5.97 Å². The first-order valence-corrected chi connectivity index (χ1v) is 9.83. The zero-order chi connectivity index (χ0) is 21.1. The summed E-state index contributed by atoms with van der Waals surface area (Å²) in [7, 11) is 0. The van der Waals surface area contributed by atoms with E-state index in [1.54, 1.807) is 6.07 Å². The second kappa shape index (κ2) is 8.73. The van der Waals surface area contributed by atoms with Crippen molar-refractivity contribution in [3.05, 3.63) is 57.8 Å². The van der Waals surface area contributed by atoms with E-state index in [0.717, 1.165) is 15.6 Å². The van der Waals surface area contributed by atoms with Crippen LogP contribution in [0, 0.1) is 25.6 Å². The van der Waals surface area contributed by atoms with Crippen LogP contribution in [0.4, 0.5) is 15.8 Å². The summed E-state index contributed by atoms with van der Waals surface area (Å²) in [5, 5.41) is 2.72. The molecule has 2 aromatic rings. The van der Waals surface area contributed by atoms with Gasteiger partial charge in [0, 0.05) is 28.8 Å². The summed E-state index contributed by atoms with van der Waals surface area (Å²) in [6.07, 6.45) is -0.0111. The normalized spacial score (nSPS) is 16.1. The van der Waals surface area contributed by atoms with Gasteiger partial charge in [0.1, 0.15) is 5.82 Å². The summed E-state index contributed by atoms with van der Waals surface area (Å²) in [6.45, 7) is 3.51. The molecule has 3 rings (SSSR count). The lowest BCUT2D eigenvalue weighted by atomic mass is 10.1. The van der Waals surface area contributed by atoms with Crippen molar-refractivity contribution in [1.82, 2.24) is 0 Å². The number of anilines is 2. The monoisotopic (exact) mass is 462 g/mol. The fourth-order valence-electron chi connectivity index (χ4n) is 3.10. The molecule has 29 heavy (non-hydrogen) atoms. The predicted octanol–water partition coefficient (Wildman–Crippen LogP) is 3.74. The third-order valence-corrected chi connectivity index (χ3v) is 5.80. The van der Waals surface area contributed by atoms with Crippen LogP contribution in [0.1, 0.15) is 17.5 Å². The maximum absolute atomic E-state index is 13.1. The number of nitrogens with one attached hydrogen (secondary N) is 1. The topological polar surface area (TPSA) is 75.7 Å². The Kier molecular flexibility index (Phi) is 6.32. The quantitative estimate of drug-likeness (QED) is 0.686. The van der Waals surface area contributed by atoms with Crippen molar-refractivity contribution in [3.8, 4) is 0 Å². The van der Waals surface area contributed by atoms with Gasteiger partial charge in [-0.2, -0.15) is 0 Å². The predicted molar refractivity (Wildman–Crippen MR) is 110 cm³/mol. The number of esters is 1. The largest absolute Gasteiger partial charge is 0.455 e. The van der Waals surface area contributed by atoms with Gasteiger partial charge in [0.25, 0.3) is 5.91 Å². The van der Waals surface area contributed by atoms with Crippen LogP contribution in [0.15, 0.2) is 40.9 Å². The molecule has 1 fully saturated rings. The molecule has 6 nitrogen and oxygen atoms in total. The summed E-state index contributed by atoms with van der Waals surface area (Å²) >= 11 is 3.43. The van der Waals surface area contributed by atoms with Crippen LogP contribution < -0.4 is 10.2 Å². The van der Waals surface area contributed by atoms with E-state index >= 15 is 0 Å². The Morgan fingerprint density at radius 2 is 1.86 bits per heavy atom. The zero-order valence-corrected chi connectivity index (χ0v) is 17.6. The number of halogens is 2. The van der Waals surface area contributed by atoms with Crippen LogP contribution in [0.25, 0.3) is 0 Å². The fraction of sp³-hybridized carbons (Fsp3) is 0.286. The van der Waals surface area contributed by atoms with Gasteiger partial charge in [-0.05, 0) is 61.4 Å². The first kappa shape index (κ1) is 21.0. The van der Waals surface area contributed by atoms with Crippen LogP contribution in [0.5, 0.6) is 0 Å². The number of nitrogens with zero attached hydrogens (tertiary/aromatic N) is 1. The average molecular weight is 463 g/mol. The highest BCUT2D eigenvalue weighted by Crippen LogP contribution is 2.27. The molecule has 2 amide bonds. The Morgan fingerprint density at radius 1 is 1.17 bits per heavy atom. The molecule has 2 aromatic carbocycles. The van der Waals surface area contributed by atoms with E-state index in [2.05, 4.69) is 21.2 Å².